The lowest BCUT2D eigenvalue weighted by Gasteiger charge is -2.15. The van der Waals surface area contributed by atoms with Gasteiger partial charge in [-0.1, -0.05) is 23.8 Å². The van der Waals surface area contributed by atoms with Crippen LogP contribution < -0.4 is 5.73 Å². The maximum atomic E-state index is 8.71. The topological polar surface area (TPSA) is 46.2 Å². The Bertz CT molecular complexity index is 309. The highest BCUT2D eigenvalue weighted by molar-refractivity contribution is 5.32. The number of aliphatic hydroxyl groups is 1. The number of nitrogens with two attached hydrogens (primary N) is 1. The van der Waals surface area contributed by atoms with Crippen molar-refractivity contribution in [2.24, 2.45) is 5.73 Å². The lowest BCUT2D eigenvalue weighted by molar-refractivity contribution is 0.281. The molecular weight excluding hydrogens is 186 g/mol. The van der Waals surface area contributed by atoms with Crippen molar-refractivity contribution in [2.75, 3.05) is 6.61 Å². The zero-order valence-corrected chi connectivity index (χ0v) is 9.66. The van der Waals surface area contributed by atoms with E-state index < -0.39 is 0 Å². The molecule has 0 spiro atoms. The molecule has 2 heteroatoms. The standard InChI is InChI=1S/C13H21NO/c1-10-6-7-11(2)12(9-10)13(14)5-3-4-8-15/h6-7,9,13,15H,3-5,8,14H2,1-2H3. The van der Waals surface area contributed by atoms with Crippen LogP contribution in [0.1, 0.15) is 42.0 Å². The molecular formula is C13H21NO. The van der Waals surface area contributed by atoms with E-state index in [1.807, 2.05) is 0 Å². The minimum atomic E-state index is 0.108. The monoisotopic (exact) mass is 207 g/mol. The number of benzene rings is 1. The number of hydrogen-bond donors (Lipinski definition) is 2. The number of hydrogen-bond acceptors (Lipinski definition) is 2. The second kappa shape index (κ2) is 5.89. The Balaban J connectivity index is 2.64. The predicted octanol–water partition coefficient (Wildman–Crippen LogP) is 2.47. The smallest absolute Gasteiger partial charge is 0.0431 e. The zero-order valence-electron chi connectivity index (χ0n) is 9.66. The fourth-order valence-electron chi connectivity index (χ4n) is 1.79. The third-order valence-corrected chi connectivity index (χ3v) is 2.76. The molecule has 0 saturated carbocycles. The summed E-state index contributed by atoms with van der Waals surface area (Å²) < 4.78 is 0. The summed E-state index contributed by atoms with van der Waals surface area (Å²) in [5, 5.41) is 8.71. The van der Waals surface area contributed by atoms with Crippen molar-refractivity contribution >= 4 is 0 Å². The molecule has 0 bridgehead atoms. The van der Waals surface area contributed by atoms with Crippen LogP contribution in [-0.2, 0) is 0 Å². The van der Waals surface area contributed by atoms with E-state index in [0.717, 1.165) is 19.3 Å². The summed E-state index contributed by atoms with van der Waals surface area (Å²) in [7, 11) is 0. The molecule has 0 aliphatic heterocycles. The van der Waals surface area contributed by atoms with Gasteiger partial charge in [0.15, 0.2) is 0 Å². The predicted molar refractivity (Wildman–Crippen MR) is 63.8 cm³/mol. The summed E-state index contributed by atoms with van der Waals surface area (Å²) in [6, 6.07) is 6.51. The highest BCUT2D eigenvalue weighted by atomic mass is 16.2. The first-order chi connectivity index (χ1) is 7.15. The SMILES string of the molecule is Cc1ccc(C)c(C(N)CCCCO)c1. The molecule has 0 saturated heterocycles. The van der Waals surface area contributed by atoms with E-state index in [-0.39, 0.29) is 12.6 Å². The van der Waals surface area contributed by atoms with E-state index in [1.165, 1.54) is 16.7 Å². The summed E-state index contributed by atoms with van der Waals surface area (Å²) in [4.78, 5) is 0. The molecule has 2 nitrogen and oxygen atoms in total. The lowest BCUT2D eigenvalue weighted by atomic mass is 9.96. The summed E-state index contributed by atoms with van der Waals surface area (Å²) >= 11 is 0. The van der Waals surface area contributed by atoms with Crippen LogP contribution in [0.5, 0.6) is 0 Å². The number of aryl methyl sites for hydroxylation is 2. The maximum absolute atomic E-state index is 8.71. The van der Waals surface area contributed by atoms with Crippen molar-refractivity contribution in [1.82, 2.24) is 0 Å². The molecule has 1 aromatic rings. The van der Waals surface area contributed by atoms with Gasteiger partial charge in [0.05, 0.1) is 0 Å². The quantitative estimate of drug-likeness (QED) is 0.729. The Morgan fingerprint density at radius 2 is 2.00 bits per heavy atom. The van der Waals surface area contributed by atoms with Crippen molar-refractivity contribution in [2.45, 2.75) is 39.2 Å². The highest BCUT2D eigenvalue weighted by Crippen LogP contribution is 2.21. The van der Waals surface area contributed by atoms with Gasteiger partial charge < -0.3 is 10.8 Å². The highest BCUT2D eigenvalue weighted by Gasteiger charge is 2.08. The Hall–Kier alpha value is -0.860. The van der Waals surface area contributed by atoms with Crippen LogP contribution >= 0.6 is 0 Å². The Labute approximate surface area is 92.1 Å². The maximum Gasteiger partial charge on any atom is 0.0431 e. The molecule has 3 N–H and O–H groups in total. The average molecular weight is 207 g/mol. The van der Waals surface area contributed by atoms with E-state index in [0.29, 0.717) is 0 Å². The van der Waals surface area contributed by atoms with Gasteiger partial charge in [0.1, 0.15) is 0 Å². The molecule has 0 aliphatic carbocycles. The second-order valence-corrected chi connectivity index (χ2v) is 4.19. The number of rotatable bonds is 5. The third kappa shape index (κ3) is 3.65. The Kier molecular flexibility index (Phi) is 4.79. The van der Waals surface area contributed by atoms with E-state index in [4.69, 9.17) is 10.8 Å². The minimum Gasteiger partial charge on any atom is -0.396 e. The van der Waals surface area contributed by atoms with Crippen LogP contribution in [0.4, 0.5) is 0 Å². The van der Waals surface area contributed by atoms with Gasteiger partial charge in [0, 0.05) is 12.6 Å². The van der Waals surface area contributed by atoms with Crippen molar-refractivity contribution in [3.05, 3.63) is 34.9 Å². The van der Waals surface area contributed by atoms with Crippen LogP contribution in [0.15, 0.2) is 18.2 Å². The van der Waals surface area contributed by atoms with Crippen LogP contribution in [0, 0.1) is 13.8 Å². The van der Waals surface area contributed by atoms with E-state index in [2.05, 4.69) is 32.0 Å². The van der Waals surface area contributed by atoms with Gasteiger partial charge in [-0.25, -0.2) is 0 Å². The molecule has 0 aliphatic rings. The van der Waals surface area contributed by atoms with Gasteiger partial charge in [0.25, 0.3) is 0 Å². The van der Waals surface area contributed by atoms with Crippen LogP contribution in [0.3, 0.4) is 0 Å². The molecule has 15 heavy (non-hydrogen) atoms. The average Bonchev–Trinajstić information content (AvgIpc) is 2.22. The van der Waals surface area contributed by atoms with Crippen molar-refractivity contribution in [3.8, 4) is 0 Å². The van der Waals surface area contributed by atoms with Crippen molar-refractivity contribution < 1.29 is 5.11 Å². The molecule has 84 valence electrons. The molecule has 0 amide bonds. The molecule has 0 radical (unpaired) electrons. The first-order valence-electron chi connectivity index (χ1n) is 5.58. The third-order valence-electron chi connectivity index (χ3n) is 2.76. The fraction of sp³-hybridized carbons (Fsp3) is 0.538. The van der Waals surface area contributed by atoms with Crippen LogP contribution in [0.25, 0.3) is 0 Å². The van der Waals surface area contributed by atoms with Gasteiger partial charge in [-0.2, -0.15) is 0 Å². The molecule has 1 rings (SSSR count). The van der Waals surface area contributed by atoms with Crippen LogP contribution in [0.2, 0.25) is 0 Å². The normalized spacial score (nSPS) is 12.8. The van der Waals surface area contributed by atoms with Gasteiger partial charge >= 0.3 is 0 Å². The second-order valence-electron chi connectivity index (χ2n) is 4.19. The van der Waals surface area contributed by atoms with E-state index >= 15 is 0 Å². The van der Waals surface area contributed by atoms with E-state index in [9.17, 15) is 0 Å². The summed E-state index contributed by atoms with van der Waals surface area (Å²) in [6.07, 6.45) is 2.79. The fourth-order valence-corrected chi connectivity index (χ4v) is 1.79. The molecule has 1 aromatic carbocycles. The van der Waals surface area contributed by atoms with Gasteiger partial charge in [-0.05, 0) is 44.2 Å². The number of unbranched alkanes of at least 4 members (excludes halogenated alkanes) is 1. The van der Waals surface area contributed by atoms with E-state index in [1.54, 1.807) is 0 Å². The molecule has 0 fully saturated rings. The Morgan fingerprint density at radius 3 is 2.67 bits per heavy atom. The van der Waals surface area contributed by atoms with Gasteiger partial charge in [-0.15, -0.1) is 0 Å². The summed E-state index contributed by atoms with van der Waals surface area (Å²) in [5.74, 6) is 0. The van der Waals surface area contributed by atoms with Crippen molar-refractivity contribution in [3.63, 3.8) is 0 Å². The van der Waals surface area contributed by atoms with Gasteiger partial charge in [-0.3, -0.25) is 0 Å². The first-order valence-corrected chi connectivity index (χ1v) is 5.58. The van der Waals surface area contributed by atoms with Gasteiger partial charge in [0.2, 0.25) is 0 Å². The lowest BCUT2D eigenvalue weighted by Crippen LogP contribution is -2.12. The Morgan fingerprint density at radius 1 is 1.27 bits per heavy atom. The molecule has 1 unspecified atom stereocenters. The van der Waals surface area contributed by atoms with Crippen molar-refractivity contribution in [1.29, 1.82) is 0 Å². The summed E-state index contributed by atoms with van der Waals surface area (Å²) in [6.45, 7) is 4.45. The largest absolute Gasteiger partial charge is 0.396 e. The first kappa shape index (κ1) is 12.2. The molecule has 1 atom stereocenters. The zero-order chi connectivity index (χ0) is 11.3. The minimum absolute atomic E-state index is 0.108. The molecule has 0 aromatic heterocycles. The van der Waals surface area contributed by atoms with Crippen LogP contribution in [-0.4, -0.2) is 11.7 Å². The number of aliphatic hydroxyl groups excluding tert-OH is 1. The summed E-state index contributed by atoms with van der Waals surface area (Å²) in [5.41, 5.74) is 9.89. The molecule has 0 heterocycles.